The molecule has 0 saturated carbocycles. The van der Waals surface area contributed by atoms with Gasteiger partial charge in [0, 0.05) is 19.1 Å². The number of anilines is 3. The van der Waals surface area contributed by atoms with E-state index in [4.69, 9.17) is 5.73 Å². The molecule has 90 valence electrons. The van der Waals surface area contributed by atoms with E-state index < -0.39 is 0 Å². The van der Waals surface area contributed by atoms with Gasteiger partial charge in [-0.3, -0.25) is 0 Å². The van der Waals surface area contributed by atoms with Crippen molar-refractivity contribution < 1.29 is 0 Å². The topological polar surface area (TPSA) is 67.1 Å². The predicted octanol–water partition coefficient (Wildman–Crippen LogP) is 1.73. The standard InChI is InChI=1S/C11H21N5/c1-5-16(6-2)11-9(12)10(13-7-14-11)15-8(3)4/h7-8H,5-6,12H2,1-4H3,(H,13,14,15). The van der Waals surface area contributed by atoms with Gasteiger partial charge in [-0.25, -0.2) is 9.97 Å². The molecule has 0 aliphatic carbocycles. The fraction of sp³-hybridized carbons (Fsp3) is 0.636. The van der Waals surface area contributed by atoms with Gasteiger partial charge in [0.15, 0.2) is 11.6 Å². The maximum Gasteiger partial charge on any atom is 0.157 e. The van der Waals surface area contributed by atoms with Crippen LogP contribution in [-0.4, -0.2) is 29.1 Å². The molecular weight excluding hydrogens is 202 g/mol. The third-order valence-electron chi connectivity index (χ3n) is 2.35. The Labute approximate surface area is 97.1 Å². The van der Waals surface area contributed by atoms with Gasteiger partial charge in [0.25, 0.3) is 0 Å². The number of hydrogen-bond donors (Lipinski definition) is 2. The van der Waals surface area contributed by atoms with Crippen LogP contribution in [0.2, 0.25) is 0 Å². The third-order valence-corrected chi connectivity index (χ3v) is 2.35. The highest BCUT2D eigenvalue weighted by molar-refractivity contribution is 5.74. The zero-order chi connectivity index (χ0) is 12.1. The van der Waals surface area contributed by atoms with Crippen LogP contribution in [0.1, 0.15) is 27.7 Å². The number of rotatable bonds is 5. The molecule has 0 radical (unpaired) electrons. The lowest BCUT2D eigenvalue weighted by atomic mass is 10.3. The van der Waals surface area contributed by atoms with Gasteiger partial charge in [-0.05, 0) is 27.7 Å². The lowest BCUT2D eigenvalue weighted by Crippen LogP contribution is -2.25. The average Bonchev–Trinajstić information content (AvgIpc) is 2.24. The summed E-state index contributed by atoms with van der Waals surface area (Å²) >= 11 is 0. The van der Waals surface area contributed by atoms with Crippen molar-refractivity contribution in [2.45, 2.75) is 33.7 Å². The van der Waals surface area contributed by atoms with E-state index in [1.807, 2.05) is 0 Å². The second-order valence-electron chi connectivity index (χ2n) is 3.93. The van der Waals surface area contributed by atoms with Gasteiger partial charge >= 0.3 is 0 Å². The largest absolute Gasteiger partial charge is 0.393 e. The first-order valence-corrected chi connectivity index (χ1v) is 5.72. The summed E-state index contributed by atoms with van der Waals surface area (Å²) in [5.74, 6) is 1.52. The molecule has 0 bridgehead atoms. The second-order valence-corrected chi connectivity index (χ2v) is 3.93. The molecule has 0 fully saturated rings. The van der Waals surface area contributed by atoms with E-state index in [2.05, 4.69) is 47.9 Å². The number of nitrogens with zero attached hydrogens (tertiary/aromatic N) is 3. The van der Waals surface area contributed by atoms with E-state index in [0.717, 1.165) is 18.9 Å². The van der Waals surface area contributed by atoms with Gasteiger partial charge in [-0.1, -0.05) is 0 Å². The van der Waals surface area contributed by atoms with Crippen LogP contribution in [-0.2, 0) is 0 Å². The number of nitrogens with one attached hydrogen (secondary N) is 1. The Morgan fingerprint density at radius 1 is 1.31 bits per heavy atom. The summed E-state index contributed by atoms with van der Waals surface area (Å²) in [7, 11) is 0. The molecule has 3 N–H and O–H groups in total. The minimum atomic E-state index is 0.307. The number of nitrogens with two attached hydrogens (primary N) is 1. The second kappa shape index (κ2) is 5.53. The zero-order valence-electron chi connectivity index (χ0n) is 10.5. The lowest BCUT2D eigenvalue weighted by molar-refractivity contribution is 0.839. The third kappa shape index (κ3) is 2.74. The van der Waals surface area contributed by atoms with Crippen LogP contribution >= 0.6 is 0 Å². The molecule has 0 unspecified atom stereocenters. The molecule has 5 nitrogen and oxygen atoms in total. The SMILES string of the molecule is CCN(CC)c1ncnc(NC(C)C)c1N. The van der Waals surface area contributed by atoms with Crippen molar-refractivity contribution in [1.82, 2.24) is 9.97 Å². The Morgan fingerprint density at radius 2 is 1.94 bits per heavy atom. The molecule has 1 heterocycles. The monoisotopic (exact) mass is 223 g/mol. The normalized spacial score (nSPS) is 10.6. The molecule has 0 aromatic carbocycles. The molecule has 0 amide bonds. The highest BCUT2D eigenvalue weighted by Crippen LogP contribution is 2.25. The Morgan fingerprint density at radius 3 is 2.44 bits per heavy atom. The minimum Gasteiger partial charge on any atom is -0.393 e. The summed E-state index contributed by atoms with van der Waals surface area (Å²) < 4.78 is 0. The van der Waals surface area contributed by atoms with Crippen LogP contribution < -0.4 is 16.0 Å². The van der Waals surface area contributed by atoms with Crippen LogP contribution in [0.5, 0.6) is 0 Å². The van der Waals surface area contributed by atoms with Crippen molar-refractivity contribution >= 4 is 17.3 Å². The lowest BCUT2D eigenvalue weighted by Gasteiger charge is -2.22. The first kappa shape index (κ1) is 12.5. The number of aromatic nitrogens is 2. The van der Waals surface area contributed by atoms with E-state index in [0.29, 0.717) is 17.5 Å². The summed E-state index contributed by atoms with van der Waals surface area (Å²) in [6.45, 7) is 10.1. The Kier molecular flexibility index (Phi) is 4.34. The maximum absolute atomic E-state index is 6.05. The molecule has 1 rings (SSSR count). The molecule has 1 aromatic heterocycles. The molecule has 0 saturated heterocycles. The molecule has 0 aliphatic heterocycles. The van der Waals surface area contributed by atoms with Crippen LogP contribution in [0.4, 0.5) is 17.3 Å². The van der Waals surface area contributed by atoms with Crippen molar-refractivity contribution in [1.29, 1.82) is 0 Å². The average molecular weight is 223 g/mol. The molecule has 1 aromatic rings. The van der Waals surface area contributed by atoms with Gasteiger partial charge < -0.3 is 16.0 Å². The summed E-state index contributed by atoms with van der Waals surface area (Å²) in [5.41, 5.74) is 6.68. The van der Waals surface area contributed by atoms with Crippen LogP contribution in [0.3, 0.4) is 0 Å². The summed E-state index contributed by atoms with van der Waals surface area (Å²) in [6.07, 6.45) is 1.55. The van der Waals surface area contributed by atoms with E-state index in [1.165, 1.54) is 0 Å². The molecule has 16 heavy (non-hydrogen) atoms. The van der Waals surface area contributed by atoms with Crippen LogP contribution in [0.15, 0.2) is 6.33 Å². The number of hydrogen-bond acceptors (Lipinski definition) is 5. The van der Waals surface area contributed by atoms with Gasteiger partial charge in [0.05, 0.1) is 0 Å². The Balaban J connectivity index is 3.02. The summed E-state index contributed by atoms with van der Waals surface area (Å²) in [5, 5.41) is 3.21. The molecule has 0 atom stereocenters. The minimum absolute atomic E-state index is 0.307. The smallest absolute Gasteiger partial charge is 0.157 e. The van der Waals surface area contributed by atoms with E-state index >= 15 is 0 Å². The van der Waals surface area contributed by atoms with Crippen molar-refractivity contribution in [2.75, 3.05) is 29.0 Å². The number of nitrogen functional groups attached to an aromatic ring is 1. The molecule has 5 heteroatoms. The van der Waals surface area contributed by atoms with Gasteiger partial charge in [0.2, 0.25) is 0 Å². The summed E-state index contributed by atoms with van der Waals surface area (Å²) in [4.78, 5) is 10.5. The Bertz CT molecular complexity index is 333. The van der Waals surface area contributed by atoms with E-state index in [1.54, 1.807) is 6.33 Å². The zero-order valence-corrected chi connectivity index (χ0v) is 10.5. The molecular formula is C11H21N5. The first-order chi connectivity index (χ1) is 7.60. The first-order valence-electron chi connectivity index (χ1n) is 5.72. The van der Waals surface area contributed by atoms with Crippen molar-refractivity contribution in [3.8, 4) is 0 Å². The van der Waals surface area contributed by atoms with Gasteiger partial charge in [-0.15, -0.1) is 0 Å². The summed E-state index contributed by atoms with van der Waals surface area (Å²) in [6, 6.07) is 0.307. The van der Waals surface area contributed by atoms with Gasteiger partial charge in [-0.2, -0.15) is 0 Å². The van der Waals surface area contributed by atoms with E-state index in [9.17, 15) is 0 Å². The van der Waals surface area contributed by atoms with Gasteiger partial charge in [0.1, 0.15) is 12.0 Å². The van der Waals surface area contributed by atoms with Crippen LogP contribution in [0.25, 0.3) is 0 Å². The highest BCUT2D eigenvalue weighted by atomic mass is 15.2. The van der Waals surface area contributed by atoms with Crippen LogP contribution in [0, 0.1) is 0 Å². The predicted molar refractivity (Wildman–Crippen MR) is 68.8 cm³/mol. The fourth-order valence-corrected chi connectivity index (χ4v) is 1.55. The maximum atomic E-state index is 6.05. The molecule has 0 spiro atoms. The van der Waals surface area contributed by atoms with Crippen molar-refractivity contribution in [3.63, 3.8) is 0 Å². The Hall–Kier alpha value is -1.52. The van der Waals surface area contributed by atoms with E-state index in [-0.39, 0.29) is 0 Å². The van der Waals surface area contributed by atoms with Crippen molar-refractivity contribution in [3.05, 3.63) is 6.33 Å². The quantitative estimate of drug-likeness (QED) is 0.795. The van der Waals surface area contributed by atoms with Crippen molar-refractivity contribution in [2.24, 2.45) is 0 Å². The highest BCUT2D eigenvalue weighted by Gasteiger charge is 2.12. The fourth-order valence-electron chi connectivity index (χ4n) is 1.55. The molecule has 0 aliphatic rings.